The molecule has 6 nitrogen and oxygen atoms in total. The van der Waals surface area contributed by atoms with Gasteiger partial charge in [-0.3, -0.25) is 4.79 Å². The molecule has 0 N–H and O–H groups in total. The fourth-order valence-corrected chi connectivity index (χ4v) is 2.88. The quantitative estimate of drug-likeness (QED) is 0.723. The number of halogens is 2. The summed E-state index contributed by atoms with van der Waals surface area (Å²) in [5, 5.41) is 3.89. The standard InChI is InChI=1S/C16H11ClFN3O3/c17-10-3-1-4-11(14(10)18)21-8-9(7-13(21)22)15-19-16(24-20-15)12-5-2-6-23-12/h1-6,9H,7-8H2. The highest BCUT2D eigenvalue weighted by atomic mass is 35.5. The highest BCUT2D eigenvalue weighted by molar-refractivity contribution is 6.31. The maximum Gasteiger partial charge on any atom is 0.293 e. The lowest BCUT2D eigenvalue weighted by Gasteiger charge is -2.17. The molecule has 0 radical (unpaired) electrons. The molecule has 1 amide bonds. The zero-order valence-electron chi connectivity index (χ0n) is 12.3. The normalized spacial score (nSPS) is 17.7. The number of carbonyl (C=O) groups excluding carboxylic acids is 1. The van der Waals surface area contributed by atoms with Crippen LogP contribution >= 0.6 is 11.6 Å². The van der Waals surface area contributed by atoms with Gasteiger partial charge in [0.2, 0.25) is 5.91 Å². The molecule has 1 fully saturated rings. The van der Waals surface area contributed by atoms with Crippen molar-refractivity contribution in [3.05, 3.63) is 53.3 Å². The van der Waals surface area contributed by atoms with E-state index in [2.05, 4.69) is 10.1 Å². The van der Waals surface area contributed by atoms with E-state index in [4.69, 9.17) is 20.5 Å². The van der Waals surface area contributed by atoms with Gasteiger partial charge in [-0.1, -0.05) is 22.8 Å². The molecule has 1 aromatic carbocycles. The van der Waals surface area contributed by atoms with Crippen LogP contribution in [0.5, 0.6) is 0 Å². The fourth-order valence-electron chi connectivity index (χ4n) is 2.72. The SMILES string of the molecule is O=C1CC(c2noc(-c3ccco3)n2)CN1c1cccc(Cl)c1F. The molecule has 8 heteroatoms. The largest absolute Gasteiger partial charge is 0.459 e. The molecule has 1 aliphatic heterocycles. The van der Waals surface area contributed by atoms with Crippen molar-refractivity contribution >= 4 is 23.2 Å². The zero-order chi connectivity index (χ0) is 16.7. The summed E-state index contributed by atoms with van der Waals surface area (Å²) in [7, 11) is 0. The second-order valence-electron chi connectivity index (χ2n) is 5.41. The Balaban J connectivity index is 1.59. The van der Waals surface area contributed by atoms with Crippen LogP contribution in [0.2, 0.25) is 5.02 Å². The maximum absolute atomic E-state index is 14.2. The van der Waals surface area contributed by atoms with Gasteiger partial charge in [0.1, 0.15) is 0 Å². The first-order chi connectivity index (χ1) is 11.6. The third kappa shape index (κ3) is 2.46. The third-order valence-electron chi connectivity index (χ3n) is 3.89. The Morgan fingerprint density at radius 3 is 2.96 bits per heavy atom. The van der Waals surface area contributed by atoms with Crippen molar-refractivity contribution in [3.63, 3.8) is 0 Å². The molecule has 24 heavy (non-hydrogen) atoms. The van der Waals surface area contributed by atoms with Crippen molar-refractivity contribution < 1.29 is 18.1 Å². The Kier molecular flexibility index (Phi) is 3.57. The van der Waals surface area contributed by atoms with E-state index in [1.54, 1.807) is 18.2 Å². The number of furan rings is 1. The molecule has 0 aliphatic carbocycles. The molecule has 1 atom stereocenters. The van der Waals surface area contributed by atoms with Crippen molar-refractivity contribution in [1.29, 1.82) is 0 Å². The molecular formula is C16H11ClFN3O3. The van der Waals surface area contributed by atoms with E-state index < -0.39 is 5.82 Å². The predicted molar refractivity (Wildman–Crippen MR) is 83.1 cm³/mol. The summed E-state index contributed by atoms with van der Waals surface area (Å²) >= 11 is 5.79. The summed E-state index contributed by atoms with van der Waals surface area (Å²) < 4.78 is 24.5. The Morgan fingerprint density at radius 2 is 2.17 bits per heavy atom. The van der Waals surface area contributed by atoms with Crippen LogP contribution in [0.1, 0.15) is 18.2 Å². The molecule has 122 valence electrons. The lowest BCUT2D eigenvalue weighted by Crippen LogP contribution is -2.25. The van der Waals surface area contributed by atoms with Gasteiger partial charge >= 0.3 is 0 Å². The topological polar surface area (TPSA) is 72.4 Å². The minimum absolute atomic E-state index is 0.0246. The third-order valence-corrected chi connectivity index (χ3v) is 4.18. The molecule has 0 bridgehead atoms. The lowest BCUT2D eigenvalue weighted by atomic mass is 10.1. The van der Waals surface area contributed by atoms with Gasteiger partial charge in [-0.15, -0.1) is 0 Å². The van der Waals surface area contributed by atoms with Crippen LogP contribution in [0.4, 0.5) is 10.1 Å². The van der Waals surface area contributed by atoms with Crippen molar-refractivity contribution in [1.82, 2.24) is 10.1 Å². The van der Waals surface area contributed by atoms with Crippen molar-refractivity contribution in [3.8, 4) is 11.7 Å². The molecule has 1 saturated heterocycles. The molecule has 3 aromatic rings. The van der Waals surface area contributed by atoms with Crippen LogP contribution in [-0.4, -0.2) is 22.6 Å². The summed E-state index contributed by atoms with van der Waals surface area (Å²) in [6.07, 6.45) is 1.67. The molecule has 4 rings (SSSR count). The minimum Gasteiger partial charge on any atom is -0.459 e. The lowest BCUT2D eigenvalue weighted by molar-refractivity contribution is -0.117. The Hall–Kier alpha value is -2.67. The van der Waals surface area contributed by atoms with E-state index in [1.807, 2.05) is 0 Å². The molecule has 2 aromatic heterocycles. The first-order valence-electron chi connectivity index (χ1n) is 7.25. The molecule has 3 heterocycles. The van der Waals surface area contributed by atoms with Crippen LogP contribution in [0.25, 0.3) is 11.7 Å². The highest BCUT2D eigenvalue weighted by Crippen LogP contribution is 2.34. The fraction of sp³-hybridized carbons (Fsp3) is 0.188. The highest BCUT2D eigenvalue weighted by Gasteiger charge is 2.36. The number of anilines is 1. The van der Waals surface area contributed by atoms with E-state index in [0.717, 1.165) is 0 Å². The Labute approximate surface area is 140 Å². The van der Waals surface area contributed by atoms with E-state index >= 15 is 0 Å². The van der Waals surface area contributed by atoms with Crippen molar-refractivity contribution in [2.24, 2.45) is 0 Å². The average molecular weight is 348 g/mol. The van der Waals surface area contributed by atoms with Gasteiger partial charge in [0.05, 0.1) is 17.0 Å². The van der Waals surface area contributed by atoms with E-state index in [9.17, 15) is 9.18 Å². The summed E-state index contributed by atoms with van der Waals surface area (Å²) in [5.41, 5.74) is 0.157. The maximum atomic E-state index is 14.2. The number of nitrogens with zero attached hydrogens (tertiary/aromatic N) is 3. The zero-order valence-corrected chi connectivity index (χ0v) is 13.0. The average Bonchev–Trinajstić information content (AvgIpc) is 3.29. The number of hydrogen-bond acceptors (Lipinski definition) is 5. The van der Waals surface area contributed by atoms with Gasteiger partial charge in [-0.2, -0.15) is 4.98 Å². The second-order valence-corrected chi connectivity index (χ2v) is 5.82. The van der Waals surface area contributed by atoms with Gasteiger partial charge in [-0.05, 0) is 24.3 Å². The number of benzene rings is 1. The number of amides is 1. The molecule has 0 spiro atoms. The van der Waals surface area contributed by atoms with Crippen molar-refractivity contribution in [2.45, 2.75) is 12.3 Å². The Morgan fingerprint density at radius 1 is 1.29 bits per heavy atom. The van der Waals surface area contributed by atoms with Crippen LogP contribution in [-0.2, 0) is 4.79 Å². The number of hydrogen-bond donors (Lipinski definition) is 0. The number of aromatic nitrogens is 2. The van der Waals surface area contributed by atoms with E-state index in [-0.39, 0.29) is 41.4 Å². The van der Waals surface area contributed by atoms with Gasteiger partial charge in [0.25, 0.3) is 5.89 Å². The molecule has 1 unspecified atom stereocenters. The Bertz CT molecular complexity index is 894. The monoisotopic (exact) mass is 347 g/mol. The summed E-state index contributed by atoms with van der Waals surface area (Å²) in [6, 6.07) is 7.97. The van der Waals surface area contributed by atoms with Crippen molar-refractivity contribution in [2.75, 3.05) is 11.4 Å². The first-order valence-corrected chi connectivity index (χ1v) is 7.63. The number of carbonyl (C=O) groups is 1. The van der Waals surface area contributed by atoms with E-state index in [0.29, 0.717) is 11.6 Å². The predicted octanol–water partition coefficient (Wildman–Crippen LogP) is 3.64. The van der Waals surface area contributed by atoms with Gasteiger partial charge in [-0.25, -0.2) is 4.39 Å². The van der Waals surface area contributed by atoms with Crippen LogP contribution in [0.15, 0.2) is 45.5 Å². The molecule has 1 aliphatic rings. The second kappa shape index (κ2) is 5.76. The van der Waals surface area contributed by atoms with Crippen LogP contribution in [0, 0.1) is 5.82 Å². The first kappa shape index (κ1) is 14.9. The minimum atomic E-state index is -0.613. The number of rotatable bonds is 3. The van der Waals surface area contributed by atoms with E-state index in [1.165, 1.54) is 23.3 Å². The van der Waals surface area contributed by atoms with Crippen LogP contribution < -0.4 is 4.90 Å². The van der Waals surface area contributed by atoms with Crippen LogP contribution in [0.3, 0.4) is 0 Å². The smallest absolute Gasteiger partial charge is 0.293 e. The van der Waals surface area contributed by atoms with Gasteiger partial charge in [0.15, 0.2) is 17.4 Å². The molecular weight excluding hydrogens is 337 g/mol. The summed E-state index contributed by atoms with van der Waals surface area (Å²) in [6.45, 7) is 0.257. The van der Waals surface area contributed by atoms with Gasteiger partial charge < -0.3 is 13.8 Å². The summed E-state index contributed by atoms with van der Waals surface area (Å²) in [5.74, 6) is -0.0308. The molecule has 0 saturated carbocycles. The summed E-state index contributed by atoms with van der Waals surface area (Å²) in [4.78, 5) is 17.9. The van der Waals surface area contributed by atoms with Gasteiger partial charge in [0, 0.05) is 18.9 Å².